The predicted octanol–water partition coefficient (Wildman–Crippen LogP) is 4.29. The maximum Gasteiger partial charge on any atom is 0.223 e. The molecule has 0 spiro atoms. The number of carbonyl (C=O) groups excluding carboxylic acids is 1. The van der Waals surface area contributed by atoms with Crippen LogP contribution in [0.1, 0.15) is 29.5 Å². The van der Waals surface area contributed by atoms with E-state index in [9.17, 15) is 4.79 Å². The first-order valence-electron chi connectivity index (χ1n) is 9.73. The Morgan fingerprint density at radius 1 is 1.07 bits per heavy atom. The van der Waals surface area contributed by atoms with Gasteiger partial charge in [0.2, 0.25) is 5.91 Å². The van der Waals surface area contributed by atoms with Crippen molar-refractivity contribution in [2.45, 2.75) is 18.4 Å². The Hall–Kier alpha value is -1.59. The highest BCUT2D eigenvalue weighted by Gasteiger charge is 2.44. The molecule has 1 heterocycles. The van der Waals surface area contributed by atoms with Crippen molar-refractivity contribution in [2.75, 3.05) is 32.8 Å². The minimum absolute atomic E-state index is 0.00326. The molecule has 28 heavy (non-hydrogen) atoms. The van der Waals surface area contributed by atoms with Gasteiger partial charge in [-0.25, -0.2) is 0 Å². The fourth-order valence-electron chi connectivity index (χ4n) is 4.00. The number of halogens is 2. The molecule has 2 aromatic rings. The quantitative estimate of drug-likeness (QED) is 0.760. The second kappa shape index (κ2) is 8.83. The first-order valence-corrected chi connectivity index (χ1v) is 10.5. The number of amides is 1. The van der Waals surface area contributed by atoms with E-state index in [1.165, 1.54) is 0 Å². The summed E-state index contributed by atoms with van der Waals surface area (Å²) >= 11 is 12.8. The van der Waals surface area contributed by atoms with E-state index in [0.717, 1.165) is 40.7 Å². The summed E-state index contributed by atoms with van der Waals surface area (Å²) in [4.78, 5) is 15.1. The molecule has 6 heteroatoms. The maximum atomic E-state index is 12.8. The summed E-state index contributed by atoms with van der Waals surface area (Å²) in [5.41, 5.74) is 2.12. The topological polar surface area (TPSA) is 41.6 Å². The average Bonchev–Trinajstić information content (AvgIpc) is 3.51. The molecule has 1 amide bonds. The van der Waals surface area contributed by atoms with Crippen LogP contribution in [0.15, 0.2) is 48.5 Å². The highest BCUT2D eigenvalue weighted by molar-refractivity contribution is 6.31. The summed E-state index contributed by atoms with van der Waals surface area (Å²) < 4.78 is 5.49. The SMILES string of the molecule is O=C(NCC(c1ccccc1Cl)N1CCOCC1)C1CC1c1ccccc1Cl. The summed E-state index contributed by atoms with van der Waals surface area (Å²) in [5.74, 6) is 0.308. The van der Waals surface area contributed by atoms with Crippen molar-refractivity contribution in [1.29, 1.82) is 0 Å². The fraction of sp³-hybridized carbons (Fsp3) is 0.409. The highest BCUT2D eigenvalue weighted by atomic mass is 35.5. The third kappa shape index (κ3) is 4.36. The zero-order valence-corrected chi connectivity index (χ0v) is 17.1. The van der Waals surface area contributed by atoms with E-state index in [1.807, 2.05) is 48.5 Å². The van der Waals surface area contributed by atoms with E-state index >= 15 is 0 Å². The Morgan fingerprint density at radius 2 is 1.75 bits per heavy atom. The van der Waals surface area contributed by atoms with Crippen molar-refractivity contribution in [2.24, 2.45) is 5.92 Å². The van der Waals surface area contributed by atoms with Crippen molar-refractivity contribution in [3.63, 3.8) is 0 Å². The normalized spacial score (nSPS) is 23.2. The third-order valence-electron chi connectivity index (χ3n) is 5.65. The van der Waals surface area contributed by atoms with Gasteiger partial charge < -0.3 is 10.1 Å². The number of carbonyl (C=O) groups is 1. The van der Waals surface area contributed by atoms with Gasteiger partial charge in [-0.3, -0.25) is 9.69 Å². The van der Waals surface area contributed by atoms with Gasteiger partial charge in [0.25, 0.3) is 0 Å². The molecule has 1 aliphatic heterocycles. The predicted molar refractivity (Wildman–Crippen MR) is 112 cm³/mol. The Bertz CT molecular complexity index is 839. The van der Waals surface area contributed by atoms with E-state index in [-0.39, 0.29) is 23.8 Å². The van der Waals surface area contributed by atoms with Crippen LogP contribution in [0.2, 0.25) is 10.0 Å². The van der Waals surface area contributed by atoms with Crippen LogP contribution in [0.4, 0.5) is 0 Å². The van der Waals surface area contributed by atoms with Crippen LogP contribution in [-0.4, -0.2) is 43.7 Å². The third-order valence-corrected chi connectivity index (χ3v) is 6.34. The molecular weight excluding hydrogens is 395 g/mol. The molecule has 2 aromatic carbocycles. The summed E-state index contributed by atoms with van der Waals surface area (Å²) in [6, 6.07) is 15.7. The molecule has 1 saturated heterocycles. The lowest BCUT2D eigenvalue weighted by Crippen LogP contribution is -2.44. The van der Waals surface area contributed by atoms with Crippen LogP contribution in [-0.2, 0) is 9.53 Å². The van der Waals surface area contributed by atoms with E-state index in [1.54, 1.807) is 0 Å². The van der Waals surface area contributed by atoms with Gasteiger partial charge in [0.15, 0.2) is 0 Å². The molecule has 3 atom stereocenters. The van der Waals surface area contributed by atoms with Gasteiger partial charge in [0, 0.05) is 35.6 Å². The van der Waals surface area contributed by atoms with Gasteiger partial charge in [0.1, 0.15) is 0 Å². The number of hydrogen-bond acceptors (Lipinski definition) is 3. The molecule has 2 fully saturated rings. The lowest BCUT2D eigenvalue weighted by atomic mass is 10.0. The lowest BCUT2D eigenvalue weighted by molar-refractivity contribution is -0.122. The Balaban J connectivity index is 1.42. The molecule has 4 nitrogen and oxygen atoms in total. The van der Waals surface area contributed by atoms with Crippen molar-refractivity contribution in [3.05, 3.63) is 69.7 Å². The van der Waals surface area contributed by atoms with Gasteiger partial charge >= 0.3 is 0 Å². The number of ether oxygens (including phenoxy) is 1. The highest BCUT2D eigenvalue weighted by Crippen LogP contribution is 2.49. The lowest BCUT2D eigenvalue weighted by Gasteiger charge is -2.35. The molecule has 2 aliphatic rings. The molecule has 3 unspecified atom stereocenters. The number of benzene rings is 2. The van der Waals surface area contributed by atoms with Crippen LogP contribution in [0.5, 0.6) is 0 Å². The Labute approximate surface area is 175 Å². The number of nitrogens with zero attached hydrogens (tertiary/aromatic N) is 1. The molecule has 1 N–H and O–H groups in total. The molecular formula is C22H24Cl2N2O2. The van der Waals surface area contributed by atoms with E-state index < -0.39 is 0 Å². The molecule has 0 radical (unpaired) electrons. The zero-order valence-electron chi connectivity index (χ0n) is 15.6. The van der Waals surface area contributed by atoms with Crippen LogP contribution in [0.25, 0.3) is 0 Å². The van der Waals surface area contributed by atoms with Gasteiger partial charge in [-0.2, -0.15) is 0 Å². The summed E-state index contributed by atoms with van der Waals surface area (Å²) in [5, 5.41) is 4.63. The monoisotopic (exact) mass is 418 g/mol. The molecule has 148 valence electrons. The Kier molecular flexibility index (Phi) is 6.22. The molecule has 0 aromatic heterocycles. The second-order valence-electron chi connectivity index (χ2n) is 7.40. The van der Waals surface area contributed by atoms with E-state index in [0.29, 0.717) is 19.8 Å². The van der Waals surface area contributed by atoms with Crippen molar-refractivity contribution in [3.8, 4) is 0 Å². The smallest absolute Gasteiger partial charge is 0.223 e. The van der Waals surface area contributed by atoms with Gasteiger partial charge in [-0.15, -0.1) is 0 Å². The van der Waals surface area contributed by atoms with Crippen LogP contribution < -0.4 is 5.32 Å². The molecule has 1 aliphatic carbocycles. The van der Waals surface area contributed by atoms with Crippen molar-refractivity contribution in [1.82, 2.24) is 10.2 Å². The number of morpholine rings is 1. The molecule has 4 rings (SSSR count). The van der Waals surface area contributed by atoms with Crippen LogP contribution in [0.3, 0.4) is 0 Å². The van der Waals surface area contributed by atoms with Crippen LogP contribution in [0, 0.1) is 5.92 Å². The standard InChI is InChI=1S/C22H24Cl2N2O2/c23-19-7-3-1-5-15(19)17-13-18(17)22(27)25-14-21(26-9-11-28-12-10-26)16-6-2-4-8-20(16)24/h1-8,17-18,21H,9-14H2,(H,25,27). The maximum absolute atomic E-state index is 12.8. The molecule has 1 saturated carbocycles. The largest absolute Gasteiger partial charge is 0.379 e. The Morgan fingerprint density at radius 3 is 2.46 bits per heavy atom. The van der Waals surface area contributed by atoms with Gasteiger partial charge in [0.05, 0.1) is 19.3 Å². The summed E-state index contributed by atoms with van der Waals surface area (Å²) in [7, 11) is 0. The minimum Gasteiger partial charge on any atom is -0.379 e. The summed E-state index contributed by atoms with van der Waals surface area (Å²) in [6.45, 7) is 3.60. The van der Waals surface area contributed by atoms with Crippen molar-refractivity contribution < 1.29 is 9.53 Å². The fourth-order valence-corrected chi connectivity index (χ4v) is 4.54. The second-order valence-corrected chi connectivity index (χ2v) is 8.22. The van der Waals surface area contributed by atoms with Crippen molar-refractivity contribution >= 4 is 29.1 Å². The van der Waals surface area contributed by atoms with Gasteiger partial charge in [-0.1, -0.05) is 59.6 Å². The average molecular weight is 419 g/mol. The summed E-state index contributed by atoms with van der Waals surface area (Å²) in [6.07, 6.45) is 0.851. The number of nitrogens with one attached hydrogen (secondary N) is 1. The van der Waals surface area contributed by atoms with Crippen LogP contribution >= 0.6 is 23.2 Å². The first kappa shape index (κ1) is 19.7. The van der Waals surface area contributed by atoms with E-state index in [2.05, 4.69) is 10.2 Å². The number of hydrogen-bond donors (Lipinski definition) is 1. The zero-order chi connectivity index (χ0) is 19.5. The number of rotatable bonds is 6. The minimum atomic E-state index is -0.00326. The van der Waals surface area contributed by atoms with Gasteiger partial charge in [-0.05, 0) is 35.6 Å². The molecule has 0 bridgehead atoms. The van der Waals surface area contributed by atoms with E-state index in [4.69, 9.17) is 27.9 Å². The first-order chi connectivity index (χ1) is 13.6.